The first-order chi connectivity index (χ1) is 14.9. The summed E-state index contributed by atoms with van der Waals surface area (Å²) >= 11 is 7.42. The van der Waals surface area contributed by atoms with Crippen LogP contribution in [-0.4, -0.2) is 31.3 Å². The van der Waals surface area contributed by atoms with E-state index in [1.54, 1.807) is 19.1 Å². The number of aryl methyl sites for hydroxylation is 1. The minimum absolute atomic E-state index is 0.0741. The number of aromatic nitrogens is 3. The number of halogens is 1. The molecule has 31 heavy (non-hydrogen) atoms. The third-order valence-electron chi connectivity index (χ3n) is 4.46. The molecule has 0 bridgehead atoms. The number of anilines is 2. The monoisotopic (exact) mass is 460 g/mol. The van der Waals surface area contributed by atoms with Gasteiger partial charge in [-0.3, -0.25) is 14.9 Å². The maximum Gasteiger partial charge on any atom is 0.271 e. The van der Waals surface area contributed by atoms with Crippen LogP contribution >= 0.6 is 23.4 Å². The van der Waals surface area contributed by atoms with E-state index < -0.39 is 4.92 Å². The van der Waals surface area contributed by atoms with Crippen molar-refractivity contribution in [2.45, 2.75) is 32.1 Å². The third kappa shape index (κ3) is 5.74. The van der Waals surface area contributed by atoms with Crippen LogP contribution in [0.15, 0.2) is 47.6 Å². The van der Waals surface area contributed by atoms with Crippen LogP contribution in [0.4, 0.5) is 17.1 Å². The van der Waals surface area contributed by atoms with Gasteiger partial charge in [-0.1, -0.05) is 41.6 Å². The minimum Gasteiger partial charge on any atom is -0.377 e. The van der Waals surface area contributed by atoms with Gasteiger partial charge in [0.1, 0.15) is 0 Å². The zero-order valence-corrected chi connectivity index (χ0v) is 18.5. The Kier molecular flexibility index (Phi) is 7.48. The number of rotatable bonds is 9. The first-order valence-electron chi connectivity index (χ1n) is 9.47. The van der Waals surface area contributed by atoms with E-state index in [0.29, 0.717) is 29.0 Å². The fourth-order valence-corrected chi connectivity index (χ4v) is 3.85. The van der Waals surface area contributed by atoms with Crippen molar-refractivity contribution in [3.8, 4) is 0 Å². The molecule has 1 aromatic heterocycles. The van der Waals surface area contributed by atoms with Gasteiger partial charge in [0.2, 0.25) is 5.91 Å². The largest absolute Gasteiger partial charge is 0.377 e. The van der Waals surface area contributed by atoms with Crippen molar-refractivity contribution in [3.63, 3.8) is 0 Å². The Balaban J connectivity index is 1.62. The first-order valence-corrected chi connectivity index (χ1v) is 10.8. The number of amides is 1. The molecule has 162 valence electrons. The molecule has 0 aliphatic carbocycles. The van der Waals surface area contributed by atoms with Crippen molar-refractivity contribution in [1.29, 1.82) is 0 Å². The summed E-state index contributed by atoms with van der Waals surface area (Å²) in [6, 6.07) is 11.8. The Morgan fingerprint density at radius 3 is 2.71 bits per heavy atom. The van der Waals surface area contributed by atoms with Crippen LogP contribution in [0.25, 0.3) is 0 Å². The molecule has 3 aromatic rings. The predicted octanol–water partition coefficient (Wildman–Crippen LogP) is 4.51. The van der Waals surface area contributed by atoms with Crippen LogP contribution in [0.5, 0.6) is 0 Å². The van der Waals surface area contributed by atoms with Gasteiger partial charge in [0, 0.05) is 18.7 Å². The molecule has 0 radical (unpaired) electrons. The van der Waals surface area contributed by atoms with Gasteiger partial charge in [0.05, 0.1) is 33.6 Å². The van der Waals surface area contributed by atoms with Gasteiger partial charge in [-0.2, -0.15) is 0 Å². The van der Waals surface area contributed by atoms with Crippen molar-refractivity contribution in [2.75, 3.05) is 16.4 Å². The molecule has 9 nitrogen and oxygen atoms in total. The first kappa shape index (κ1) is 22.6. The van der Waals surface area contributed by atoms with Crippen molar-refractivity contribution < 1.29 is 9.72 Å². The van der Waals surface area contributed by atoms with E-state index in [9.17, 15) is 14.9 Å². The number of thioether (sulfide) groups is 1. The highest BCUT2D eigenvalue weighted by molar-refractivity contribution is 7.99. The van der Waals surface area contributed by atoms with Crippen LogP contribution in [0, 0.1) is 17.0 Å². The SMILES string of the molecule is CCn1c(CNc2ccccc2Cl)nnc1SCC(=O)Nc1cc([N+](=O)[O-])ccc1C. The number of carbonyl (C=O) groups is 1. The van der Waals surface area contributed by atoms with Crippen molar-refractivity contribution in [3.05, 3.63) is 69.0 Å². The highest BCUT2D eigenvalue weighted by atomic mass is 35.5. The van der Waals surface area contributed by atoms with Crippen LogP contribution in [-0.2, 0) is 17.9 Å². The van der Waals surface area contributed by atoms with E-state index in [4.69, 9.17) is 11.6 Å². The van der Waals surface area contributed by atoms with E-state index in [2.05, 4.69) is 20.8 Å². The Morgan fingerprint density at radius 1 is 1.23 bits per heavy atom. The quantitative estimate of drug-likeness (QED) is 0.274. The van der Waals surface area contributed by atoms with Crippen LogP contribution in [0.1, 0.15) is 18.3 Å². The molecule has 0 saturated carbocycles. The third-order valence-corrected chi connectivity index (χ3v) is 5.76. The number of hydrogen-bond acceptors (Lipinski definition) is 7. The van der Waals surface area contributed by atoms with Crippen molar-refractivity contribution in [1.82, 2.24) is 14.8 Å². The minimum atomic E-state index is -0.494. The molecule has 0 spiro atoms. The maximum absolute atomic E-state index is 12.4. The summed E-state index contributed by atoms with van der Waals surface area (Å²) in [6.07, 6.45) is 0. The molecule has 0 fully saturated rings. The van der Waals surface area contributed by atoms with Gasteiger partial charge in [-0.25, -0.2) is 0 Å². The smallest absolute Gasteiger partial charge is 0.271 e. The number of nitro benzene ring substituents is 1. The van der Waals surface area contributed by atoms with Gasteiger partial charge in [-0.15, -0.1) is 10.2 Å². The summed E-state index contributed by atoms with van der Waals surface area (Å²) in [6.45, 7) is 4.82. The molecule has 1 heterocycles. The molecule has 1 amide bonds. The van der Waals surface area contributed by atoms with Gasteiger partial charge < -0.3 is 15.2 Å². The molecule has 11 heteroatoms. The molecule has 2 aromatic carbocycles. The van der Waals surface area contributed by atoms with Gasteiger partial charge in [-0.05, 0) is 31.5 Å². The summed E-state index contributed by atoms with van der Waals surface area (Å²) in [4.78, 5) is 22.8. The summed E-state index contributed by atoms with van der Waals surface area (Å²) < 4.78 is 1.92. The second kappa shape index (κ2) is 10.3. The lowest BCUT2D eigenvalue weighted by Crippen LogP contribution is -2.16. The van der Waals surface area contributed by atoms with Gasteiger partial charge >= 0.3 is 0 Å². The topological polar surface area (TPSA) is 115 Å². The zero-order chi connectivity index (χ0) is 22.4. The van der Waals surface area contributed by atoms with Crippen LogP contribution in [0.3, 0.4) is 0 Å². The normalized spacial score (nSPS) is 10.7. The van der Waals surface area contributed by atoms with E-state index in [0.717, 1.165) is 17.1 Å². The molecule has 2 N–H and O–H groups in total. The number of carbonyl (C=O) groups excluding carboxylic acids is 1. The average Bonchev–Trinajstić information content (AvgIpc) is 3.15. The lowest BCUT2D eigenvalue weighted by atomic mass is 10.2. The Hall–Kier alpha value is -3.11. The molecule has 0 saturated heterocycles. The average molecular weight is 461 g/mol. The summed E-state index contributed by atoms with van der Waals surface area (Å²) in [5, 5.41) is 26.6. The van der Waals surface area contributed by atoms with E-state index in [1.807, 2.05) is 29.7 Å². The molecule has 0 atom stereocenters. The van der Waals surface area contributed by atoms with Gasteiger partial charge in [0.15, 0.2) is 11.0 Å². The summed E-state index contributed by atoms with van der Waals surface area (Å²) in [5.74, 6) is 0.535. The molecular formula is C20H21ClN6O3S. The lowest BCUT2D eigenvalue weighted by molar-refractivity contribution is -0.384. The second-order valence-corrected chi connectivity index (χ2v) is 7.92. The highest BCUT2D eigenvalue weighted by Gasteiger charge is 2.15. The number of para-hydroxylation sites is 1. The predicted molar refractivity (Wildman–Crippen MR) is 122 cm³/mol. The molecular weight excluding hydrogens is 440 g/mol. The highest BCUT2D eigenvalue weighted by Crippen LogP contribution is 2.24. The molecule has 0 unspecified atom stereocenters. The van der Waals surface area contributed by atoms with Crippen molar-refractivity contribution >= 4 is 46.3 Å². The standard InChI is InChI=1S/C20H21ClN6O3S/c1-3-26-18(11-22-16-7-5-4-6-15(16)21)24-25-20(26)31-12-19(28)23-17-10-14(27(29)30)9-8-13(17)2/h4-10,22H,3,11-12H2,1-2H3,(H,23,28). The fraction of sp³-hybridized carbons (Fsp3) is 0.250. The molecule has 0 aliphatic rings. The molecule has 0 aliphatic heterocycles. The van der Waals surface area contributed by atoms with Crippen LogP contribution < -0.4 is 10.6 Å². The summed E-state index contributed by atoms with van der Waals surface area (Å²) in [7, 11) is 0. The number of nitrogens with zero attached hydrogens (tertiary/aromatic N) is 4. The lowest BCUT2D eigenvalue weighted by Gasteiger charge is -2.10. The Labute approximate surface area is 188 Å². The number of benzene rings is 2. The number of hydrogen-bond donors (Lipinski definition) is 2. The zero-order valence-electron chi connectivity index (χ0n) is 17.0. The van der Waals surface area contributed by atoms with E-state index in [-0.39, 0.29) is 17.3 Å². The van der Waals surface area contributed by atoms with E-state index >= 15 is 0 Å². The number of nitro groups is 1. The molecule has 3 rings (SSSR count). The Bertz CT molecular complexity index is 1100. The summed E-state index contributed by atoms with van der Waals surface area (Å²) in [5.41, 5.74) is 1.89. The maximum atomic E-state index is 12.4. The number of nitrogens with one attached hydrogen (secondary N) is 2. The van der Waals surface area contributed by atoms with E-state index in [1.165, 1.54) is 23.9 Å². The second-order valence-electron chi connectivity index (χ2n) is 6.57. The van der Waals surface area contributed by atoms with Crippen molar-refractivity contribution in [2.24, 2.45) is 0 Å². The number of non-ortho nitro benzene ring substituents is 1. The fourth-order valence-electron chi connectivity index (χ4n) is 2.83. The van der Waals surface area contributed by atoms with Gasteiger partial charge in [0.25, 0.3) is 5.69 Å². The van der Waals surface area contributed by atoms with Crippen LogP contribution in [0.2, 0.25) is 5.02 Å². The Morgan fingerprint density at radius 2 is 2.00 bits per heavy atom.